The smallest absolute Gasteiger partial charge is 0.227 e. The van der Waals surface area contributed by atoms with Gasteiger partial charge in [-0.15, -0.1) is 0 Å². The average Bonchev–Trinajstić information content (AvgIpc) is 3.37. The molecule has 0 radical (unpaired) electrons. The van der Waals surface area contributed by atoms with Crippen molar-refractivity contribution in [1.82, 2.24) is 14.5 Å². The third kappa shape index (κ3) is 5.12. The summed E-state index contributed by atoms with van der Waals surface area (Å²) in [7, 11) is 1.89. The number of aromatic nitrogens is 2. The van der Waals surface area contributed by atoms with E-state index < -0.39 is 9.84 Å². The topological polar surface area (TPSA) is 73.7 Å². The summed E-state index contributed by atoms with van der Waals surface area (Å²) in [5.41, 5.74) is 1.95. The number of nitrogens with zero attached hydrogens (tertiary/aromatic N) is 3. The first-order valence-electron chi connectivity index (χ1n) is 9.51. The molecule has 0 spiro atoms. The molecule has 1 aliphatic rings. The summed E-state index contributed by atoms with van der Waals surface area (Å²) < 4.78 is 38.0. The minimum Gasteiger partial charge on any atom is -0.496 e. The molecular formula is C20H29N3O4S. The highest BCUT2D eigenvalue weighted by molar-refractivity contribution is 7.91. The molecule has 0 amide bonds. The monoisotopic (exact) mass is 407 g/mol. The van der Waals surface area contributed by atoms with Gasteiger partial charge in [-0.05, 0) is 31.9 Å². The molecule has 1 aromatic carbocycles. The standard InChI is InChI=1S/C20H29N3O4S/c1-22(13-17-6-4-5-7-19(17)27-3)14-18-12-21-20(23(18)10-11-26-2)28(24,25)15-16-8-9-16/h4-7,12,16H,8-11,13-15H2,1-3H3. The number of rotatable bonds is 11. The van der Waals surface area contributed by atoms with Crippen molar-refractivity contribution >= 4 is 9.84 Å². The molecule has 1 saturated carbocycles. The lowest BCUT2D eigenvalue weighted by molar-refractivity contribution is 0.182. The zero-order chi connectivity index (χ0) is 20.1. The van der Waals surface area contributed by atoms with Crippen LogP contribution in [0.15, 0.2) is 35.6 Å². The van der Waals surface area contributed by atoms with Gasteiger partial charge in [0, 0.05) is 32.3 Å². The molecule has 8 heteroatoms. The maximum Gasteiger partial charge on any atom is 0.227 e. The Kier molecular flexibility index (Phi) is 6.74. The van der Waals surface area contributed by atoms with E-state index in [1.165, 1.54) is 0 Å². The normalized spacial score (nSPS) is 14.6. The highest BCUT2D eigenvalue weighted by Gasteiger charge is 2.32. The molecular weight excluding hydrogens is 378 g/mol. The number of hydrogen-bond acceptors (Lipinski definition) is 6. The third-order valence-corrected chi connectivity index (χ3v) is 6.71. The lowest BCUT2D eigenvalue weighted by Gasteiger charge is -2.20. The first kappa shape index (κ1) is 20.8. The minimum absolute atomic E-state index is 0.164. The van der Waals surface area contributed by atoms with E-state index in [1.807, 2.05) is 31.3 Å². The fraction of sp³-hybridized carbons (Fsp3) is 0.550. The molecule has 0 aliphatic heterocycles. The van der Waals surface area contributed by atoms with Gasteiger partial charge in [-0.2, -0.15) is 0 Å². The highest BCUT2D eigenvalue weighted by Crippen LogP contribution is 2.32. The van der Waals surface area contributed by atoms with Gasteiger partial charge in [-0.3, -0.25) is 4.90 Å². The van der Waals surface area contributed by atoms with E-state index in [0.717, 1.165) is 29.8 Å². The van der Waals surface area contributed by atoms with Crippen LogP contribution < -0.4 is 4.74 Å². The van der Waals surface area contributed by atoms with Gasteiger partial charge in [0.15, 0.2) is 0 Å². The minimum atomic E-state index is -3.38. The number of hydrogen-bond donors (Lipinski definition) is 0. The molecule has 0 saturated heterocycles. The number of para-hydroxylation sites is 1. The van der Waals surface area contributed by atoms with Gasteiger partial charge in [0.1, 0.15) is 5.75 Å². The van der Waals surface area contributed by atoms with Gasteiger partial charge in [-0.1, -0.05) is 18.2 Å². The van der Waals surface area contributed by atoms with E-state index in [4.69, 9.17) is 9.47 Å². The van der Waals surface area contributed by atoms with Crippen molar-refractivity contribution in [2.75, 3.05) is 33.6 Å². The van der Waals surface area contributed by atoms with Crippen molar-refractivity contribution < 1.29 is 17.9 Å². The summed E-state index contributed by atoms with van der Waals surface area (Å²) in [5.74, 6) is 1.32. The molecule has 28 heavy (non-hydrogen) atoms. The van der Waals surface area contributed by atoms with Crippen molar-refractivity contribution in [3.05, 3.63) is 41.7 Å². The van der Waals surface area contributed by atoms with Gasteiger partial charge in [0.25, 0.3) is 0 Å². The number of benzene rings is 1. The van der Waals surface area contributed by atoms with Gasteiger partial charge in [0.05, 0.1) is 31.4 Å². The van der Waals surface area contributed by atoms with Crippen LogP contribution in [0.25, 0.3) is 0 Å². The van der Waals surface area contributed by atoms with Crippen molar-refractivity contribution in [2.24, 2.45) is 5.92 Å². The Morgan fingerprint density at radius 2 is 1.96 bits per heavy atom. The van der Waals surface area contributed by atoms with Gasteiger partial charge in [-0.25, -0.2) is 13.4 Å². The first-order valence-corrected chi connectivity index (χ1v) is 11.2. The van der Waals surface area contributed by atoms with Crippen LogP contribution in [0, 0.1) is 5.92 Å². The maximum absolute atomic E-state index is 12.8. The Bertz CT molecular complexity index is 891. The van der Waals surface area contributed by atoms with E-state index in [1.54, 1.807) is 25.0 Å². The fourth-order valence-electron chi connectivity index (χ4n) is 3.31. The Morgan fingerprint density at radius 1 is 1.21 bits per heavy atom. The Balaban J connectivity index is 1.78. The zero-order valence-electron chi connectivity index (χ0n) is 16.8. The summed E-state index contributed by atoms with van der Waals surface area (Å²) in [6.45, 7) is 2.16. The van der Waals surface area contributed by atoms with Crippen LogP contribution in [0.5, 0.6) is 5.75 Å². The first-order chi connectivity index (χ1) is 13.4. The van der Waals surface area contributed by atoms with E-state index in [0.29, 0.717) is 26.2 Å². The van der Waals surface area contributed by atoms with E-state index in [2.05, 4.69) is 9.88 Å². The second-order valence-electron chi connectivity index (χ2n) is 7.39. The van der Waals surface area contributed by atoms with Crippen LogP contribution in [0.3, 0.4) is 0 Å². The van der Waals surface area contributed by atoms with Gasteiger partial charge in [0.2, 0.25) is 15.0 Å². The van der Waals surface area contributed by atoms with Crippen molar-refractivity contribution in [3.8, 4) is 5.75 Å². The SMILES string of the molecule is COCCn1c(CN(C)Cc2ccccc2OC)cnc1S(=O)(=O)CC1CC1. The van der Waals surface area contributed by atoms with Crippen LogP contribution in [0.1, 0.15) is 24.1 Å². The highest BCUT2D eigenvalue weighted by atomic mass is 32.2. The lowest BCUT2D eigenvalue weighted by Crippen LogP contribution is -2.23. The largest absolute Gasteiger partial charge is 0.496 e. The Morgan fingerprint density at radius 3 is 2.64 bits per heavy atom. The summed E-state index contributed by atoms with van der Waals surface area (Å²) in [6.07, 6.45) is 3.66. The number of imidazole rings is 1. The molecule has 0 atom stereocenters. The predicted molar refractivity (Wildman–Crippen MR) is 107 cm³/mol. The van der Waals surface area contributed by atoms with Crippen LogP contribution in [-0.2, 0) is 34.2 Å². The molecule has 3 rings (SSSR count). The quantitative estimate of drug-likeness (QED) is 0.569. The summed E-state index contributed by atoms with van der Waals surface area (Å²) >= 11 is 0. The molecule has 0 bridgehead atoms. The van der Waals surface area contributed by atoms with Crippen molar-refractivity contribution in [3.63, 3.8) is 0 Å². The summed E-state index contributed by atoms with van der Waals surface area (Å²) in [4.78, 5) is 6.40. The van der Waals surface area contributed by atoms with E-state index in [-0.39, 0.29) is 16.8 Å². The molecule has 0 unspecified atom stereocenters. The second kappa shape index (κ2) is 9.07. The summed E-state index contributed by atoms with van der Waals surface area (Å²) in [6, 6.07) is 7.90. The van der Waals surface area contributed by atoms with E-state index >= 15 is 0 Å². The molecule has 154 valence electrons. The molecule has 2 aromatic rings. The van der Waals surface area contributed by atoms with Gasteiger partial charge >= 0.3 is 0 Å². The van der Waals surface area contributed by atoms with Crippen LogP contribution >= 0.6 is 0 Å². The Hall–Kier alpha value is -1.90. The van der Waals surface area contributed by atoms with Crippen LogP contribution in [0.2, 0.25) is 0 Å². The van der Waals surface area contributed by atoms with Crippen molar-refractivity contribution in [2.45, 2.75) is 37.6 Å². The lowest BCUT2D eigenvalue weighted by atomic mass is 10.2. The maximum atomic E-state index is 12.8. The van der Waals surface area contributed by atoms with Crippen molar-refractivity contribution in [1.29, 1.82) is 0 Å². The molecule has 1 heterocycles. The van der Waals surface area contributed by atoms with Gasteiger partial charge < -0.3 is 14.0 Å². The molecule has 0 N–H and O–H groups in total. The Labute approximate surface area is 167 Å². The van der Waals surface area contributed by atoms with Crippen LogP contribution in [-0.4, -0.2) is 56.5 Å². The molecule has 1 aromatic heterocycles. The molecule has 7 nitrogen and oxygen atoms in total. The van der Waals surface area contributed by atoms with Crippen LogP contribution in [0.4, 0.5) is 0 Å². The number of sulfone groups is 1. The fourth-order valence-corrected chi connectivity index (χ4v) is 5.17. The second-order valence-corrected chi connectivity index (χ2v) is 9.31. The molecule has 1 fully saturated rings. The number of methoxy groups -OCH3 is 2. The third-order valence-electron chi connectivity index (χ3n) is 4.92. The predicted octanol–water partition coefficient (Wildman–Crippen LogP) is 2.35. The average molecular weight is 408 g/mol. The number of ether oxygens (including phenoxy) is 2. The zero-order valence-corrected chi connectivity index (χ0v) is 17.6. The summed E-state index contributed by atoms with van der Waals surface area (Å²) in [5, 5.41) is 0.164. The molecule has 1 aliphatic carbocycles. The van der Waals surface area contributed by atoms with E-state index in [9.17, 15) is 8.42 Å².